The van der Waals surface area contributed by atoms with E-state index in [2.05, 4.69) is 32.2 Å². The molecule has 64 valence electrons. The van der Waals surface area contributed by atoms with Crippen LogP contribution in [-0.4, -0.2) is 11.6 Å². The van der Waals surface area contributed by atoms with E-state index in [9.17, 15) is 0 Å². The van der Waals surface area contributed by atoms with E-state index < -0.39 is 0 Å². The van der Waals surface area contributed by atoms with E-state index in [4.69, 9.17) is 5.26 Å². The maximum Gasteiger partial charge on any atom is 0.0638 e. The van der Waals surface area contributed by atoms with Crippen LogP contribution in [0, 0.1) is 11.3 Å². The predicted molar refractivity (Wildman–Crippen MR) is 47.2 cm³/mol. The highest BCUT2D eigenvalue weighted by Gasteiger charge is 2.16. The number of hydrogen-bond acceptors (Lipinski definition) is 2. The van der Waals surface area contributed by atoms with Crippen LogP contribution in [0.3, 0.4) is 0 Å². The third-order valence-corrected chi connectivity index (χ3v) is 1.92. The van der Waals surface area contributed by atoms with Crippen molar-refractivity contribution >= 4 is 0 Å². The van der Waals surface area contributed by atoms with Crippen molar-refractivity contribution in [2.24, 2.45) is 0 Å². The van der Waals surface area contributed by atoms with Crippen LogP contribution in [0.5, 0.6) is 0 Å². The third-order valence-electron chi connectivity index (χ3n) is 1.92. The summed E-state index contributed by atoms with van der Waals surface area (Å²) >= 11 is 0. The van der Waals surface area contributed by atoms with Crippen molar-refractivity contribution in [3.05, 3.63) is 0 Å². The molecule has 0 spiro atoms. The van der Waals surface area contributed by atoms with Crippen LogP contribution in [0.1, 0.15) is 40.5 Å². The molecule has 1 atom stereocenters. The van der Waals surface area contributed by atoms with Gasteiger partial charge in [0.1, 0.15) is 0 Å². The van der Waals surface area contributed by atoms with Gasteiger partial charge in [-0.3, -0.25) is 0 Å². The summed E-state index contributed by atoms with van der Waals surface area (Å²) in [7, 11) is 0. The minimum absolute atomic E-state index is 0.163. The summed E-state index contributed by atoms with van der Waals surface area (Å²) in [4.78, 5) is 0. The second-order valence-electron chi connectivity index (χ2n) is 3.65. The molecule has 0 aliphatic heterocycles. The fourth-order valence-corrected chi connectivity index (χ4v) is 0.957. The number of nitrogens with zero attached hydrogens (tertiary/aromatic N) is 1. The van der Waals surface area contributed by atoms with Crippen LogP contribution in [-0.2, 0) is 0 Å². The molecule has 1 unspecified atom stereocenters. The lowest BCUT2D eigenvalue weighted by Gasteiger charge is -2.27. The number of nitrogens with one attached hydrogen (secondary N) is 1. The molecule has 0 aromatic carbocycles. The van der Waals surface area contributed by atoms with E-state index in [0.717, 1.165) is 6.42 Å². The van der Waals surface area contributed by atoms with Gasteiger partial charge in [0.2, 0.25) is 0 Å². The smallest absolute Gasteiger partial charge is 0.0638 e. The molecule has 0 bridgehead atoms. The number of nitriles is 1. The molecule has 0 radical (unpaired) electrons. The van der Waals surface area contributed by atoms with Gasteiger partial charge in [-0.1, -0.05) is 6.92 Å². The average molecular weight is 154 g/mol. The van der Waals surface area contributed by atoms with E-state index in [1.165, 1.54) is 0 Å². The maximum absolute atomic E-state index is 8.42. The first-order chi connectivity index (χ1) is 5.02. The monoisotopic (exact) mass is 154 g/mol. The highest BCUT2D eigenvalue weighted by Crippen LogP contribution is 2.08. The van der Waals surface area contributed by atoms with E-state index in [1.54, 1.807) is 0 Å². The second-order valence-corrected chi connectivity index (χ2v) is 3.65. The van der Waals surface area contributed by atoms with Crippen LogP contribution >= 0.6 is 0 Å². The molecule has 0 aromatic heterocycles. The van der Waals surface area contributed by atoms with Gasteiger partial charge < -0.3 is 5.32 Å². The molecular weight excluding hydrogens is 136 g/mol. The summed E-state index contributed by atoms with van der Waals surface area (Å²) < 4.78 is 0. The zero-order valence-electron chi connectivity index (χ0n) is 7.94. The van der Waals surface area contributed by atoms with Gasteiger partial charge in [-0.2, -0.15) is 5.26 Å². The van der Waals surface area contributed by atoms with Crippen LogP contribution in [0.15, 0.2) is 0 Å². The topological polar surface area (TPSA) is 35.8 Å². The molecule has 0 rings (SSSR count). The molecule has 2 nitrogen and oxygen atoms in total. The summed E-state index contributed by atoms with van der Waals surface area (Å²) in [6.45, 7) is 8.49. The lowest BCUT2D eigenvalue weighted by atomic mass is 10.0. The van der Waals surface area contributed by atoms with E-state index >= 15 is 0 Å². The molecule has 0 fully saturated rings. The predicted octanol–water partition coefficient (Wildman–Crippen LogP) is 2.07. The van der Waals surface area contributed by atoms with Crippen molar-refractivity contribution in [3.8, 4) is 6.07 Å². The molecular formula is C9H18N2. The zero-order chi connectivity index (χ0) is 8.91. The first-order valence-electron chi connectivity index (χ1n) is 4.16. The normalized spacial score (nSPS) is 14.1. The van der Waals surface area contributed by atoms with Crippen LogP contribution in [0.25, 0.3) is 0 Å². The molecule has 2 heteroatoms. The second kappa shape index (κ2) is 4.35. The molecule has 0 aliphatic rings. The van der Waals surface area contributed by atoms with Gasteiger partial charge in [0.15, 0.2) is 0 Å². The fraction of sp³-hybridized carbons (Fsp3) is 0.889. The Morgan fingerprint density at radius 2 is 2.09 bits per heavy atom. The van der Waals surface area contributed by atoms with Gasteiger partial charge in [0.25, 0.3) is 0 Å². The van der Waals surface area contributed by atoms with Crippen LogP contribution in [0.2, 0.25) is 0 Å². The minimum atomic E-state index is 0.163. The fourth-order valence-electron chi connectivity index (χ4n) is 0.957. The van der Waals surface area contributed by atoms with E-state index in [-0.39, 0.29) is 5.54 Å². The number of rotatable bonds is 4. The molecule has 0 amide bonds. The average Bonchev–Trinajstić information content (AvgIpc) is 1.87. The van der Waals surface area contributed by atoms with Crippen molar-refractivity contribution in [1.29, 1.82) is 5.26 Å². The highest BCUT2D eigenvalue weighted by atomic mass is 15.0. The highest BCUT2D eigenvalue weighted by molar-refractivity contribution is 4.84. The molecule has 0 saturated carbocycles. The molecule has 0 heterocycles. The Morgan fingerprint density at radius 3 is 2.45 bits per heavy atom. The summed E-state index contributed by atoms with van der Waals surface area (Å²) in [5.74, 6) is 0. The lowest BCUT2D eigenvalue weighted by molar-refractivity contribution is 0.336. The molecule has 0 aliphatic carbocycles. The number of hydrogen-bond donors (Lipinski definition) is 1. The quantitative estimate of drug-likeness (QED) is 0.673. The maximum atomic E-state index is 8.42. The SMILES string of the molecule is CCC(C)(C)NC(C)CC#N. The van der Waals surface area contributed by atoms with E-state index in [1.807, 2.05) is 6.92 Å². The standard InChI is InChI=1S/C9H18N2/c1-5-9(3,4)11-8(2)6-7-10/h8,11H,5-6H2,1-4H3. The summed E-state index contributed by atoms with van der Waals surface area (Å²) in [5, 5.41) is 11.8. The van der Waals surface area contributed by atoms with Crippen molar-refractivity contribution in [3.63, 3.8) is 0 Å². The first-order valence-corrected chi connectivity index (χ1v) is 4.16. The summed E-state index contributed by atoms with van der Waals surface area (Å²) in [5.41, 5.74) is 0.163. The van der Waals surface area contributed by atoms with Crippen molar-refractivity contribution in [2.45, 2.75) is 52.1 Å². The minimum Gasteiger partial charge on any atom is -0.308 e. The molecule has 11 heavy (non-hydrogen) atoms. The van der Waals surface area contributed by atoms with Crippen molar-refractivity contribution < 1.29 is 0 Å². The van der Waals surface area contributed by atoms with Gasteiger partial charge >= 0.3 is 0 Å². The Balaban J connectivity index is 3.75. The summed E-state index contributed by atoms with van der Waals surface area (Å²) in [6.07, 6.45) is 1.67. The molecule has 1 N–H and O–H groups in total. The Labute approximate surface area is 69.6 Å². The van der Waals surface area contributed by atoms with Gasteiger partial charge in [-0.05, 0) is 27.2 Å². The Kier molecular flexibility index (Phi) is 4.14. The van der Waals surface area contributed by atoms with Gasteiger partial charge in [0, 0.05) is 11.6 Å². The third kappa shape index (κ3) is 4.80. The van der Waals surface area contributed by atoms with Crippen LogP contribution < -0.4 is 5.32 Å². The largest absolute Gasteiger partial charge is 0.308 e. The molecule has 0 saturated heterocycles. The van der Waals surface area contributed by atoms with Gasteiger partial charge in [-0.15, -0.1) is 0 Å². The Morgan fingerprint density at radius 1 is 1.55 bits per heavy atom. The lowest BCUT2D eigenvalue weighted by Crippen LogP contribution is -2.43. The molecule has 0 aromatic rings. The first kappa shape index (κ1) is 10.4. The zero-order valence-corrected chi connectivity index (χ0v) is 7.94. The van der Waals surface area contributed by atoms with Gasteiger partial charge in [-0.25, -0.2) is 0 Å². The Hall–Kier alpha value is -0.550. The van der Waals surface area contributed by atoms with Crippen molar-refractivity contribution in [2.75, 3.05) is 0 Å². The van der Waals surface area contributed by atoms with Crippen LogP contribution in [0.4, 0.5) is 0 Å². The van der Waals surface area contributed by atoms with Gasteiger partial charge in [0.05, 0.1) is 12.5 Å². The van der Waals surface area contributed by atoms with E-state index in [0.29, 0.717) is 12.5 Å². The summed E-state index contributed by atoms with van der Waals surface area (Å²) in [6, 6.07) is 2.45. The Bertz CT molecular complexity index is 144. The van der Waals surface area contributed by atoms with Crippen molar-refractivity contribution in [1.82, 2.24) is 5.32 Å².